The van der Waals surface area contributed by atoms with Crippen molar-refractivity contribution < 1.29 is 13.2 Å². The highest BCUT2D eigenvalue weighted by Crippen LogP contribution is 2.50. The van der Waals surface area contributed by atoms with E-state index in [9.17, 15) is 18.4 Å². The number of halogens is 4. The fourth-order valence-electron chi connectivity index (χ4n) is 4.83. The first kappa shape index (κ1) is 23.7. The normalized spacial score (nSPS) is 22.2. The minimum absolute atomic E-state index is 0.0595. The number of nitrogens with zero attached hydrogens (tertiary/aromatic N) is 3. The van der Waals surface area contributed by atoms with Crippen LogP contribution in [0.15, 0.2) is 30.6 Å². The topological polar surface area (TPSA) is 61.6 Å². The van der Waals surface area contributed by atoms with Crippen molar-refractivity contribution in [2.24, 2.45) is 11.8 Å². The summed E-state index contributed by atoms with van der Waals surface area (Å²) in [6, 6.07) is 6.11. The smallest absolute Gasteiger partial charge is 0.302 e. The van der Waals surface area contributed by atoms with Gasteiger partial charge >= 0.3 is 6.18 Å². The Morgan fingerprint density at radius 2 is 2.00 bits per heavy atom. The molecule has 4 rings (SSSR count). The van der Waals surface area contributed by atoms with Gasteiger partial charge in [0.2, 0.25) is 0 Å². The Morgan fingerprint density at radius 1 is 1.24 bits per heavy atom. The average Bonchev–Trinajstić information content (AvgIpc) is 2.85. The van der Waals surface area contributed by atoms with Crippen LogP contribution in [0.5, 0.6) is 0 Å². The lowest BCUT2D eigenvalue weighted by Crippen LogP contribution is -2.39. The second-order valence-electron chi connectivity index (χ2n) is 9.10. The Kier molecular flexibility index (Phi) is 6.78. The lowest BCUT2D eigenvalue weighted by atomic mass is 9.68. The third-order valence-corrected chi connectivity index (χ3v) is 7.36. The van der Waals surface area contributed by atoms with Crippen molar-refractivity contribution in [1.29, 1.82) is 5.26 Å². The first-order chi connectivity index (χ1) is 15.7. The number of nitriles is 1. The first-order valence-electron chi connectivity index (χ1n) is 11.2. The Hall–Kier alpha value is -2.43. The highest BCUT2D eigenvalue weighted by molar-refractivity contribution is 6.29. The molecule has 0 aromatic carbocycles. The maximum atomic E-state index is 12.8. The molecule has 33 heavy (non-hydrogen) atoms. The van der Waals surface area contributed by atoms with Crippen LogP contribution < -0.4 is 5.32 Å². The summed E-state index contributed by atoms with van der Waals surface area (Å²) in [5, 5.41) is 12.9. The molecule has 1 saturated carbocycles. The average molecular weight is 475 g/mol. The summed E-state index contributed by atoms with van der Waals surface area (Å²) in [5.74, 6) is 1.17. The molecule has 0 spiro atoms. The summed E-state index contributed by atoms with van der Waals surface area (Å²) in [7, 11) is 0. The van der Waals surface area contributed by atoms with Gasteiger partial charge < -0.3 is 5.32 Å². The number of nitrogens with one attached hydrogen (secondary N) is 1. The van der Waals surface area contributed by atoms with E-state index in [1.807, 2.05) is 0 Å². The molecule has 0 amide bonds. The summed E-state index contributed by atoms with van der Waals surface area (Å²) in [6.07, 6.45) is 3.37. The van der Waals surface area contributed by atoms with Crippen molar-refractivity contribution in [3.8, 4) is 6.07 Å². The minimum atomic E-state index is -4.29. The van der Waals surface area contributed by atoms with Gasteiger partial charge in [-0.3, -0.25) is 4.98 Å². The molecular weight excluding hydrogens is 449 g/mol. The zero-order chi connectivity index (χ0) is 23.8. The molecule has 4 nitrogen and oxygen atoms in total. The Bertz CT molecular complexity index is 1080. The highest BCUT2D eigenvalue weighted by Gasteiger charge is 2.37. The fourth-order valence-corrected chi connectivity index (χ4v) is 4.98. The van der Waals surface area contributed by atoms with Crippen LogP contribution in [-0.4, -0.2) is 22.2 Å². The maximum Gasteiger partial charge on any atom is 0.403 e. The van der Waals surface area contributed by atoms with Crippen molar-refractivity contribution in [3.63, 3.8) is 0 Å². The lowest BCUT2D eigenvalue weighted by Gasteiger charge is -2.37. The molecule has 2 aliphatic rings. The van der Waals surface area contributed by atoms with E-state index in [0.29, 0.717) is 33.8 Å². The van der Waals surface area contributed by atoms with E-state index in [1.165, 1.54) is 19.3 Å². The summed E-state index contributed by atoms with van der Waals surface area (Å²) in [4.78, 5) is 8.84. The standard InChI is InChI=1S/C25H26ClF3N4/c1-14-18(17-4-3-5-17)8-20(21(10-30)19-9-24(26)33-13-22(14)19)23-7-6-16(12-32-23)11-31-15(2)25(27,28)29/h6-7,9,12-15,17-18,31H,3-5,8,11H2,1-2H3. The molecule has 2 aromatic heterocycles. The summed E-state index contributed by atoms with van der Waals surface area (Å²) in [5.41, 5.74) is 4.58. The van der Waals surface area contributed by atoms with Crippen LogP contribution in [0.1, 0.15) is 67.8 Å². The number of aromatic nitrogens is 2. The number of pyridine rings is 2. The molecule has 3 atom stereocenters. The lowest BCUT2D eigenvalue weighted by molar-refractivity contribution is -0.151. The fraction of sp³-hybridized carbons (Fsp3) is 0.480. The second kappa shape index (κ2) is 9.44. The molecule has 3 unspecified atom stereocenters. The molecular formula is C25H26ClF3N4. The van der Waals surface area contributed by atoms with E-state index in [0.717, 1.165) is 30.0 Å². The van der Waals surface area contributed by atoms with Crippen LogP contribution in [0.2, 0.25) is 5.15 Å². The highest BCUT2D eigenvalue weighted by atomic mass is 35.5. The molecule has 8 heteroatoms. The van der Waals surface area contributed by atoms with Crippen LogP contribution in [0, 0.1) is 23.2 Å². The molecule has 0 saturated heterocycles. The van der Waals surface area contributed by atoms with Crippen molar-refractivity contribution >= 4 is 22.7 Å². The van der Waals surface area contributed by atoms with Crippen molar-refractivity contribution in [2.45, 2.75) is 64.2 Å². The quantitative estimate of drug-likeness (QED) is 0.500. The predicted molar refractivity (Wildman–Crippen MR) is 122 cm³/mol. The zero-order valence-corrected chi connectivity index (χ0v) is 19.3. The van der Waals surface area contributed by atoms with Gasteiger partial charge in [-0.25, -0.2) is 4.98 Å². The van der Waals surface area contributed by atoms with Crippen molar-refractivity contribution in [2.75, 3.05) is 0 Å². The van der Waals surface area contributed by atoms with Crippen molar-refractivity contribution in [1.82, 2.24) is 15.3 Å². The van der Waals surface area contributed by atoms with Gasteiger partial charge in [0.05, 0.1) is 11.3 Å². The Morgan fingerprint density at radius 3 is 2.58 bits per heavy atom. The SMILES string of the molecule is CC1c2cnc(Cl)cc2C(C#N)=C(c2ccc(CNC(C)C(F)(F)F)cn2)CC1C1CCC1. The van der Waals surface area contributed by atoms with Gasteiger partial charge in [-0.05, 0) is 59.9 Å². The number of hydrogen-bond donors (Lipinski definition) is 1. The Balaban J connectivity index is 1.69. The minimum Gasteiger partial charge on any atom is -0.302 e. The third kappa shape index (κ3) is 4.92. The van der Waals surface area contributed by atoms with E-state index < -0.39 is 12.2 Å². The van der Waals surface area contributed by atoms with Crippen LogP contribution in [0.3, 0.4) is 0 Å². The van der Waals surface area contributed by atoms with E-state index in [4.69, 9.17) is 11.6 Å². The molecule has 2 aromatic rings. The Labute approximate surface area is 196 Å². The van der Waals surface area contributed by atoms with Gasteiger partial charge in [0.1, 0.15) is 17.3 Å². The summed E-state index contributed by atoms with van der Waals surface area (Å²) >= 11 is 6.20. The molecule has 0 radical (unpaired) electrons. The number of allylic oxidation sites excluding steroid dienone is 2. The largest absolute Gasteiger partial charge is 0.403 e. The summed E-state index contributed by atoms with van der Waals surface area (Å²) in [6.45, 7) is 3.35. The van der Waals surface area contributed by atoms with E-state index >= 15 is 0 Å². The number of fused-ring (bicyclic) bond motifs is 1. The predicted octanol–water partition coefficient (Wildman–Crippen LogP) is 6.53. The molecule has 2 heterocycles. The van der Waals surface area contributed by atoms with Gasteiger partial charge in [0, 0.05) is 24.5 Å². The number of rotatable bonds is 5. The van der Waals surface area contributed by atoms with Gasteiger partial charge in [-0.1, -0.05) is 43.9 Å². The maximum absolute atomic E-state index is 12.8. The number of alkyl halides is 3. The van der Waals surface area contributed by atoms with Gasteiger partial charge in [-0.15, -0.1) is 0 Å². The van der Waals surface area contributed by atoms with Crippen LogP contribution in [0.25, 0.3) is 11.1 Å². The van der Waals surface area contributed by atoms with Crippen LogP contribution >= 0.6 is 11.6 Å². The van der Waals surface area contributed by atoms with E-state index in [1.54, 1.807) is 30.6 Å². The van der Waals surface area contributed by atoms with E-state index in [2.05, 4.69) is 28.3 Å². The molecule has 0 bridgehead atoms. The molecule has 0 aliphatic heterocycles. The van der Waals surface area contributed by atoms with Gasteiger partial charge in [0.25, 0.3) is 0 Å². The molecule has 1 fully saturated rings. The third-order valence-electron chi connectivity index (χ3n) is 7.15. The van der Waals surface area contributed by atoms with Gasteiger partial charge in [0.15, 0.2) is 0 Å². The number of hydrogen-bond acceptors (Lipinski definition) is 4. The molecule has 2 aliphatic carbocycles. The van der Waals surface area contributed by atoms with Crippen LogP contribution in [-0.2, 0) is 6.54 Å². The zero-order valence-electron chi connectivity index (χ0n) is 18.6. The van der Waals surface area contributed by atoms with E-state index in [-0.39, 0.29) is 12.5 Å². The second-order valence-corrected chi connectivity index (χ2v) is 9.49. The van der Waals surface area contributed by atoms with Gasteiger partial charge in [-0.2, -0.15) is 18.4 Å². The van der Waals surface area contributed by atoms with Crippen molar-refractivity contribution in [3.05, 3.63) is 58.1 Å². The van der Waals surface area contributed by atoms with Crippen LogP contribution in [0.4, 0.5) is 13.2 Å². The summed E-state index contributed by atoms with van der Waals surface area (Å²) < 4.78 is 38.3. The first-order valence-corrected chi connectivity index (χ1v) is 11.6. The molecule has 1 N–H and O–H groups in total. The monoisotopic (exact) mass is 474 g/mol. The molecule has 174 valence electrons.